The number of esters is 1. The van der Waals surface area contributed by atoms with Crippen LogP contribution in [-0.4, -0.2) is 41.7 Å². The summed E-state index contributed by atoms with van der Waals surface area (Å²) < 4.78 is 4.99. The van der Waals surface area contributed by atoms with Crippen LogP contribution >= 0.6 is 0 Å². The molecule has 2 fully saturated rings. The number of hydrogen-bond acceptors (Lipinski definition) is 7. The predicted octanol–water partition coefficient (Wildman–Crippen LogP) is 0.438. The Labute approximate surface area is 162 Å². The predicted molar refractivity (Wildman–Crippen MR) is 94.4 cm³/mol. The Bertz CT molecular complexity index is 669. The first-order valence-corrected chi connectivity index (χ1v) is 9.48. The topological polar surface area (TPSA) is 148 Å². The molecule has 28 heavy (non-hydrogen) atoms. The van der Waals surface area contributed by atoms with Gasteiger partial charge >= 0.3 is 12.0 Å². The maximum atomic E-state index is 12.5. The van der Waals surface area contributed by atoms with Crippen molar-refractivity contribution in [1.29, 1.82) is 0 Å². The van der Waals surface area contributed by atoms with E-state index in [1.54, 1.807) is 0 Å². The molecule has 0 bridgehead atoms. The van der Waals surface area contributed by atoms with Crippen molar-refractivity contribution in [2.24, 2.45) is 5.41 Å². The first kappa shape index (κ1) is 21.5. The average Bonchev–Trinajstić information content (AvgIpc) is 2.92. The highest BCUT2D eigenvalue weighted by molar-refractivity contribution is 6.20. The van der Waals surface area contributed by atoms with Gasteiger partial charge in [0.05, 0.1) is 12.8 Å². The van der Waals surface area contributed by atoms with E-state index in [0.29, 0.717) is 6.42 Å². The van der Waals surface area contributed by atoms with Crippen LogP contribution in [0.25, 0.3) is 0 Å². The summed E-state index contributed by atoms with van der Waals surface area (Å²) in [6.45, 7) is 2.09. The van der Waals surface area contributed by atoms with Crippen molar-refractivity contribution in [3.05, 3.63) is 0 Å². The number of carbonyl (C=O) groups is 6. The number of carbonyl (C=O) groups excluding carboxylic acids is 6. The molecule has 0 aromatic rings. The van der Waals surface area contributed by atoms with E-state index in [9.17, 15) is 28.8 Å². The number of imide groups is 3. The zero-order valence-electron chi connectivity index (χ0n) is 15.8. The van der Waals surface area contributed by atoms with E-state index < -0.39 is 53.6 Å². The van der Waals surface area contributed by atoms with Crippen LogP contribution in [0.15, 0.2) is 0 Å². The summed E-state index contributed by atoms with van der Waals surface area (Å²) in [5.41, 5.74) is -1.78. The maximum absolute atomic E-state index is 12.5. The Morgan fingerprint density at radius 2 is 1.57 bits per heavy atom. The van der Waals surface area contributed by atoms with Gasteiger partial charge in [-0.15, -0.1) is 0 Å². The van der Waals surface area contributed by atoms with E-state index >= 15 is 0 Å². The molecular weight excluding hydrogens is 370 g/mol. The lowest BCUT2D eigenvalue weighted by atomic mass is 9.76. The van der Waals surface area contributed by atoms with Gasteiger partial charge in [-0.3, -0.25) is 39.9 Å². The fraction of sp³-hybridized carbons (Fsp3) is 0.667. The number of rotatable bonds is 10. The fourth-order valence-electron chi connectivity index (χ4n) is 3.33. The summed E-state index contributed by atoms with van der Waals surface area (Å²) in [5.74, 6) is -3.99. The molecule has 154 valence electrons. The molecule has 0 saturated carbocycles. The number of amides is 6. The minimum atomic E-state index is -1.78. The minimum absolute atomic E-state index is 0.0644. The number of ether oxygens (including phenoxy) is 1. The lowest BCUT2D eigenvalue weighted by Crippen LogP contribution is -2.63. The van der Waals surface area contributed by atoms with E-state index in [1.807, 2.05) is 16.0 Å². The van der Waals surface area contributed by atoms with E-state index in [4.69, 9.17) is 4.74 Å². The molecular formula is C18H25N3O7. The molecule has 0 spiro atoms. The van der Waals surface area contributed by atoms with Gasteiger partial charge in [0, 0.05) is 0 Å². The lowest BCUT2D eigenvalue weighted by Gasteiger charge is -2.33. The molecule has 2 aliphatic heterocycles. The van der Waals surface area contributed by atoms with Crippen LogP contribution < -0.4 is 16.0 Å². The average molecular weight is 395 g/mol. The Balaban J connectivity index is 2.03. The number of unbranched alkanes of at least 4 members (excludes halogenated alkanes) is 5. The second-order valence-corrected chi connectivity index (χ2v) is 7.11. The summed E-state index contributed by atoms with van der Waals surface area (Å²) in [6, 6.07) is -0.942. The van der Waals surface area contributed by atoms with Gasteiger partial charge in [-0.2, -0.15) is 0 Å². The van der Waals surface area contributed by atoms with Crippen molar-refractivity contribution in [3.63, 3.8) is 0 Å². The highest BCUT2D eigenvalue weighted by atomic mass is 16.5. The largest absolute Gasteiger partial charge is 0.452 e. The summed E-state index contributed by atoms with van der Waals surface area (Å²) in [5, 5.41) is 6.06. The third-order valence-corrected chi connectivity index (χ3v) is 4.93. The van der Waals surface area contributed by atoms with E-state index in [2.05, 4.69) is 6.92 Å². The van der Waals surface area contributed by atoms with Gasteiger partial charge in [-0.25, -0.2) is 4.79 Å². The van der Waals surface area contributed by atoms with Crippen LogP contribution in [0.2, 0.25) is 0 Å². The zero-order chi connectivity index (χ0) is 20.7. The molecule has 0 radical (unpaired) electrons. The molecule has 0 aliphatic carbocycles. The van der Waals surface area contributed by atoms with Crippen LogP contribution in [0.1, 0.15) is 64.7 Å². The van der Waals surface area contributed by atoms with Gasteiger partial charge in [0.1, 0.15) is 5.41 Å². The Kier molecular flexibility index (Phi) is 7.24. The van der Waals surface area contributed by atoms with Crippen molar-refractivity contribution < 1.29 is 33.5 Å². The third-order valence-electron chi connectivity index (χ3n) is 4.93. The van der Waals surface area contributed by atoms with Gasteiger partial charge in [0.15, 0.2) is 6.10 Å². The van der Waals surface area contributed by atoms with Gasteiger partial charge in [-0.1, -0.05) is 45.4 Å². The van der Waals surface area contributed by atoms with E-state index in [1.165, 1.54) is 0 Å². The van der Waals surface area contributed by atoms with Gasteiger partial charge in [0.25, 0.3) is 5.91 Å². The number of hydrogen-bond donors (Lipinski definition) is 3. The highest BCUT2D eigenvalue weighted by Gasteiger charge is 2.52. The minimum Gasteiger partial charge on any atom is -0.452 e. The van der Waals surface area contributed by atoms with Crippen molar-refractivity contribution in [1.82, 2.24) is 16.0 Å². The van der Waals surface area contributed by atoms with Gasteiger partial charge in [-0.05, 0) is 6.42 Å². The van der Waals surface area contributed by atoms with Gasteiger partial charge in [0.2, 0.25) is 17.7 Å². The lowest BCUT2D eigenvalue weighted by molar-refractivity contribution is -0.162. The van der Waals surface area contributed by atoms with Crippen LogP contribution in [-0.2, 0) is 28.7 Å². The molecule has 2 saturated heterocycles. The number of barbiturate groups is 1. The SMILES string of the molecule is CCCCCCCCC1(CC(=O)OC2CC(=O)NC2=O)C(=O)NC(=O)NC1=O. The van der Waals surface area contributed by atoms with Gasteiger partial charge < -0.3 is 4.74 Å². The molecule has 1 atom stereocenters. The van der Waals surface area contributed by atoms with Crippen LogP contribution in [0.3, 0.4) is 0 Å². The zero-order valence-corrected chi connectivity index (χ0v) is 15.8. The molecule has 3 N–H and O–H groups in total. The van der Waals surface area contributed by atoms with Crippen LogP contribution in [0.4, 0.5) is 4.79 Å². The van der Waals surface area contributed by atoms with Crippen molar-refractivity contribution >= 4 is 35.6 Å². The summed E-state index contributed by atoms with van der Waals surface area (Å²) in [7, 11) is 0. The van der Waals surface area contributed by atoms with E-state index in [-0.39, 0.29) is 12.8 Å². The first-order chi connectivity index (χ1) is 13.3. The van der Waals surface area contributed by atoms with Crippen LogP contribution in [0, 0.1) is 5.41 Å². The normalized spacial score (nSPS) is 21.2. The van der Waals surface area contributed by atoms with Crippen molar-refractivity contribution in [2.75, 3.05) is 0 Å². The van der Waals surface area contributed by atoms with Crippen LogP contribution in [0.5, 0.6) is 0 Å². The first-order valence-electron chi connectivity index (χ1n) is 9.48. The van der Waals surface area contributed by atoms with E-state index in [0.717, 1.165) is 32.1 Å². The fourth-order valence-corrected chi connectivity index (χ4v) is 3.33. The molecule has 0 aromatic carbocycles. The summed E-state index contributed by atoms with van der Waals surface area (Å²) >= 11 is 0. The smallest absolute Gasteiger partial charge is 0.328 e. The van der Waals surface area contributed by atoms with Crippen molar-refractivity contribution in [3.8, 4) is 0 Å². The summed E-state index contributed by atoms with van der Waals surface area (Å²) in [4.78, 5) is 71.4. The van der Waals surface area contributed by atoms with Crippen molar-refractivity contribution in [2.45, 2.75) is 70.8 Å². The maximum Gasteiger partial charge on any atom is 0.328 e. The monoisotopic (exact) mass is 395 g/mol. The number of nitrogens with one attached hydrogen (secondary N) is 3. The standard InChI is InChI=1S/C18H25N3O7/c1-2-3-4-5-6-7-8-18(15(25)20-17(27)21-16(18)26)10-13(23)28-11-9-12(22)19-14(11)24/h11H,2-10H2,1H3,(H,19,22,24)(H2,20,21,25,26,27). The quantitative estimate of drug-likeness (QED) is 0.210. The Morgan fingerprint density at radius 1 is 0.964 bits per heavy atom. The second-order valence-electron chi connectivity index (χ2n) is 7.11. The molecule has 2 heterocycles. The third kappa shape index (κ3) is 5.14. The molecule has 6 amide bonds. The Morgan fingerprint density at radius 3 is 2.14 bits per heavy atom. The molecule has 2 aliphatic rings. The number of urea groups is 1. The summed E-state index contributed by atoms with van der Waals surface area (Å²) in [6.07, 6.45) is 3.29. The second kappa shape index (κ2) is 9.43. The molecule has 1 unspecified atom stereocenters. The molecule has 10 heteroatoms. The Hall–Kier alpha value is -2.78. The highest BCUT2D eigenvalue weighted by Crippen LogP contribution is 2.33. The molecule has 2 rings (SSSR count). The molecule has 0 aromatic heterocycles. The molecule has 10 nitrogen and oxygen atoms in total.